The third-order valence-electron chi connectivity index (χ3n) is 4.79. The Hall–Kier alpha value is -2.69. The fourth-order valence-corrected chi connectivity index (χ4v) is 3.39. The van der Waals surface area contributed by atoms with E-state index in [0.717, 1.165) is 18.4 Å². The molecule has 4 nitrogen and oxygen atoms in total. The Bertz CT molecular complexity index is 761. The van der Waals surface area contributed by atoms with E-state index < -0.39 is 0 Å². The van der Waals surface area contributed by atoms with Gasteiger partial charge in [0, 0.05) is 32.2 Å². The van der Waals surface area contributed by atoms with Crippen LogP contribution in [0.4, 0.5) is 4.39 Å². The number of likely N-dealkylation sites (tertiary alicyclic amines) is 1. The van der Waals surface area contributed by atoms with Gasteiger partial charge in [-0.1, -0.05) is 30.3 Å². The number of nitrogens with zero attached hydrogens (tertiary/aromatic N) is 2. The lowest BCUT2D eigenvalue weighted by molar-refractivity contribution is -0.136. The Morgan fingerprint density at radius 3 is 2.50 bits per heavy atom. The van der Waals surface area contributed by atoms with Gasteiger partial charge in [-0.2, -0.15) is 0 Å². The predicted molar refractivity (Wildman–Crippen MR) is 97.9 cm³/mol. The van der Waals surface area contributed by atoms with Crippen LogP contribution in [-0.2, 0) is 11.3 Å². The van der Waals surface area contributed by atoms with Crippen LogP contribution in [0.5, 0.6) is 0 Å². The second-order valence-electron chi connectivity index (χ2n) is 6.78. The van der Waals surface area contributed by atoms with Crippen molar-refractivity contribution in [2.45, 2.75) is 19.4 Å². The van der Waals surface area contributed by atoms with Crippen LogP contribution in [0.1, 0.15) is 28.8 Å². The number of amides is 2. The summed E-state index contributed by atoms with van der Waals surface area (Å²) in [5.74, 6) is -0.642. The molecule has 2 aromatic carbocycles. The SMILES string of the molecule is CN(Cc1ccccc1)C(=O)[C@@H]1CCCN(C(=O)c2ccc(F)cc2)C1. The maximum atomic E-state index is 13.1. The lowest BCUT2D eigenvalue weighted by atomic mass is 9.95. The van der Waals surface area contributed by atoms with Gasteiger partial charge in [-0.25, -0.2) is 4.39 Å². The zero-order valence-corrected chi connectivity index (χ0v) is 14.9. The minimum absolute atomic E-state index is 0.0606. The summed E-state index contributed by atoms with van der Waals surface area (Å²) in [6, 6.07) is 15.4. The van der Waals surface area contributed by atoms with E-state index >= 15 is 0 Å². The highest BCUT2D eigenvalue weighted by Gasteiger charge is 2.30. The summed E-state index contributed by atoms with van der Waals surface area (Å²) in [5, 5.41) is 0. The van der Waals surface area contributed by atoms with E-state index in [0.29, 0.717) is 25.2 Å². The molecule has 0 unspecified atom stereocenters. The first kappa shape index (κ1) is 18.1. The maximum Gasteiger partial charge on any atom is 0.253 e. The first-order valence-corrected chi connectivity index (χ1v) is 8.88. The first-order valence-electron chi connectivity index (χ1n) is 8.88. The van der Waals surface area contributed by atoms with Crippen molar-refractivity contribution >= 4 is 11.8 Å². The highest BCUT2D eigenvalue weighted by Crippen LogP contribution is 2.21. The lowest BCUT2D eigenvalue weighted by Gasteiger charge is -2.34. The summed E-state index contributed by atoms with van der Waals surface area (Å²) >= 11 is 0. The quantitative estimate of drug-likeness (QED) is 0.845. The molecule has 0 saturated carbocycles. The van der Waals surface area contributed by atoms with Gasteiger partial charge in [0.2, 0.25) is 5.91 Å². The van der Waals surface area contributed by atoms with Crippen LogP contribution in [0.25, 0.3) is 0 Å². The molecule has 0 aliphatic carbocycles. The molecule has 1 heterocycles. The molecule has 26 heavy (non-hydrogen) atoms. The number of carbonyl (C=O) groups is 2. The number of piperidine rings is 1. The highest BCUT2D eigenvalue weighted by atomic mass is 19.1. The summed E-state index contributed by atoms with van der Waals surface area (Å²) < 4.78 is 13.1. The lowest BCUT2D eigenvalue weighted by Crippen LogP contribution is -2.45. The second kappa shape index (κ2) is 8.13. The molecule has 2 amide bonds. The Balaban J connectivity index is 1.63. The van der Waals surface area contributed by atoms with Crippen molar-refractivity contribution in [1.82, 2.24) is 9.80 Å². The van der Waals surface area contributed by atoms with Crippen molar-refractivity contribution in [3.05, 3.63) is 71.5 Å². The maximum absolute atomic E-state index is 13.1. The third kappa shape index (κ3) is 4.28. The molecular weight excluding hydrogens is 331 g/mol. The number of benzene rings is 2. The van der Waals surface area contributed by atoms with Gasteiger partial charge in [0.1, 0.15) is 5.82 Å². The molecule has 5 heteroatoms. The second-order valence-corrected chi connectivity index (χ2v) is 6.78. The van der Waals surface area contributed by atoms with Crippen molar-refractivity contribution in [2.75, 3.05) is 20.1 Å². The molecule has 3 rings (SSSR count). The Labute approximate surface area is 153 Å². The predicted octanol–water partition coefficient (Wildman–Crippen LogP) is 3.34. The summed E-state index contributed by atoms with van der Waals surface area (Å²) in [6.45, 7) is 1.60. The third-order valence-corrected chi connectivity index (χ3v) is 4.79. The summed E-state index contributed by atoms with van der Waals surface area (Å²) in [7, 11) is 1.80. The molecule has 2 aromatic rings. The molecule has 1 atom stereocenters. The van der Waals surface area contributed by atoms with Crippen LogP contribution in [0.3, 0.4) is 0 Å². The van der Waals surface area contributed by atoms with E-state index in [-0.39, 0.29) is 23.5 Å². The average molecular weight is 354 g/mol. The van der Waals surface area contributed by atoms with Gasteiger partial charge in [-0.3, -0.25) is 9.59 Å². The van der Waals surface area contributed by atoms with Crippen LogP contribution in [0.2, 0.25) is 0 Å². The standard InChI is InChI=1S/C21H23FN2O2/c1-23(14-16-6-3-2-4-7-16)20(25)18-8-5-13-24(15-18)21(26)17-9-11-19(22)12-10-17/h2-4,6-7,9-12,18H,5,8,13-15H2,1H3/t18-/m1/s1. The Morgan fingerprint density at radius 2 is 1.81 bits per heavy atom. The van der Waals surface area contributed by atoms with E-state index in [1.807, 2.05) is 30.3 Å². The molecule has 1 aliphatic heterocycles. The first-order chi connectivity index (χ1) is 12.5. The number of hydrogen-bond donors (Lipinski definition) is 0. The van der Waals surface area contributed by atoms with Crippen molar-refractivity contribution in [3.8, 4) is 0 Å². The van der Waals surface area contributed by atoms with E-state index in [4.69, 9.17) is 0 Å². The van der Waals surface area contributed by atoms with Crippen LogP contribution >= 0.6 is 0 Å². The van der Waals surface area contributed by atoms with E-state index in [1.165, 1.54) is 24.3 Å². The number of halogens is 1. The summed E-state index contributed by atoms with van der Waals surface area (Å²) in [6.07, 6.45) is 1.58. The number of hydrogen-bond acceptors (Lipinski definition) is 2. The monoisotopic (exact) mass is 354 g/mol. The largest absolute Gasteiger partial charge is 0.341 e. The van der Waals surface area contributed by atoms with Crippen molar-refractivity contribution in [1.29, 1.82) is 0 Å². The molecule has 0 N–H and O–H groups in total. The van der Waals surface area contributed by atoms with E-state index in [9.17, 15) is 14.0 Å². The van der Waals surface area contributed by atoms with Gasteiger partial charge in [-0.15, -0.1) is 0 Å². The molecule has 0 aromatic heterocycles. The molecule has 1 aliphatic rings. The molecule has 0 spiro atoms. The van der Waals surface area contributed by atoms with Crippen LogP contribution in [0, 0.1) is 11.7 Å². The summed E-state index contributed by atoms with van der Waals surface area (Å²) in [4.78, 5) is 28.8. The minimum atomic E-state index is -0.365. The van der Waals surface area contributed by atoms with Gasteiger partial charge < -0.3 is 9.80 Å². The van der Waals surface area contributed by atoms with Crippen molar-refractivity contribution in [3.63, 3.8) is 0 Å². The molecule has 0 bridgehead atoms. The van der Waals surface area contributed by atoms with Crippen molar-refractivity contribution in [2.24, 2.45) is 5.92 Å². The normalized spacial score (nSPS) is 17.0. The number of rotatable bonds is 4. The molecule has 1 saturated heterocycles. The Kier molecular flexibility index (Phi) is 5.66. The zero-order valence-electron chi connectivity index (χ0n) is 14.9. The fraction of sp³-hybridized carbons (Fsp3) is 0.333. The summed E-state index contributed by atoms with van der Waals surface area (Å²) in [5.41, 5.74) is 1.54. The van der Waals surface area contributed by atoms with Gasteiger partial charge in [0.25, 0.3) is 5.91 Å². The van der Waals surface area contributed by atoms with Gasteiger partial charge in [0.15, 0.2) is 0 Å². The topological polar surface area (TPSA) is 40.6 Å². The van der Waals surface area contributed by atoms with Gasteiger partial charge >= 0.3 is 0 Å². The average Bonchev–Trinajstić information content (AvgIpc) is 2.68. The van der Waals surface area contributed by atoms with Crippen LogP contribution in [-0.4, -0.2) is 41.8 Å². The van der Waals surface area contributed by atoms with Crippen LogP contribution < -0.4 is 0 Å². The van der Waals surface area contributed by atoms with E-state index in [2.05, 4.69) is 0 Å². The highest BCUT2D eigenvalue weighted by molar-refractivity contribution is 5.94. The molecule has 0 radical (unpaired) electrons. The molecule has 136 valence electrons. The molecule has 1 fully saturated rings. The minimum Gasteiger partial charge on any atom is -0.341 e. The van der Waals surface area contributed by atoms with E-state index in [1.54, 1.807) is 16.8 Å². The number of carbonyl (C=O) groups excluding carboxylic acids is 2. The Morgan fingerprint density at radius 1 is 1.12 bits per heavy atom. The zero-order chi connectivity index (χ0) is 18.5. The molecular formula is C21H23FN2O2. The van der Waals surface area contributed by atoms with Gasteiger partial charge in [-0.05, 0) is 42.7 Å². The van der Waals surface area contributed by atoms with Crippen LogP contribution in [0.15, 0.2) is 54.6 Å². The van der Waals surface area contributed by atoms with Gasteiger partial charge in [0.05, 0.1) is 5.92 Å². The van der Waals surface area contributed by atoms with Crippen molar-refractivity contribution < 1.29 is 14.0 Å². The fourth-order valence-electron chi connectivity index (χ4n) is 3.39. The smallest absolute Gasteiger partial charge is 0.253 e.